The van der Waals surface area contributed by atoms with Gasteiger partial charge in [-0.2, -0.15) is 0 Å². The molecular weight excluding hydrogens is 357 g/mol. The minimum atomic E-state index is 0.377. The zero-order valence-corrected chi connectivity index (χ0v) is 14.3. The lowest BCUT2D eigenvalue weighted by Gasteiger charge is -2.15. The first-order valence-electron chi connectivity index (χ1n) is 6.46. The van der Waals surface area contributed by atoms with E-state index in [2.05, 4.69) is 40.3 Å². The third-order valence-electron chi connectivity index (χ3n) is 3.10. The molecule has 106 valence electrons. The fourth-order valence-corrected chi connectivity index (χ4v) is 2.72. The quantitative estimate of drug-likeness (QED) is 0.732. The van der Waals surface area contributed by atoms with Crippen molar-refractivity contribution in [3.63, 3.8) is 0 Å². The molecule has 0 bridgehead atoms. The highest BCUT2D eigenvalue weighted by molar-refractivity contribution is 9.10. The number of nitrogens with one attached hydrogen (secondary N) is 1. The molecule has 4 heteroatoms. The molecule has 0 saturated heterocycles. The van der Waals surface area contributed by atoms with E-state index in [1.165, 1.54) is 11.1 Å². The smallest absolute Gasteiger partial charge is 0.0410 e. The first-order chi connectivity index (χ1) is 9.54. The molecule has 2 aromatic rings. The van der Waals surface area contributed by atoms with Gasteiger partial charge in [0.1, 0.15) is 0 Å². The summed E-state index contributed by atoms with van der Waals surface area (Å²) in [6.07, 6.45) is 0.968. The highest BCUT2D eigenvalue weighted by Gasteiger charge is 2.06. The predicted molar refractivity (Wildman–Crippen MR) is 90.6 cm³/mol. The standard InChI is InChI=1S/C16H16BrCl2N/c1-11(8-12-2-4-14(18)5-3-12)20-10-13-9-15(19)6-7-16(13)17/h2-7,9,11,20H,8,10H2,1H3. The molecule has 1 unspecified atom stereocenters. The number of hydrogen-bond donors (Lipinski definition) is 1. The molecule has 1 N–H and O–H groups in total. The number of hydrogen-bond acceptors (Lipinski definition) is 1. The second-order valence-electron chi connectivity index (χ2n) is 4.85. The summed E-state index contributed by atoms with van der Waals surface area (Å²) in [6.45, 7) is 2.96. The summed E-state index contributed by atoms with van der Waals surface area (Å²) in [5, 5.41) is 5.04. The zero-order valence-electron chi connectivity index (χ0n) is 11.2. The van der Waals surface area contributed by atoms with Gasteiger partial charge < -0.3 is 5.32 Å². The fourth-order valence-electron chi connectivity index (χ4n) is 2.01. The Morgan fingerprint density at radius 3 is 2.40 bits per heavy atom. The minimum Gasteiger partial charge on any atom is -0.310 e. The molecule has 1 atom stereocenters. The fraction of sp³-hybridized carbons (Fsp3) is 0.250. The normalized spacial score (nSPS) is 12.4. The summed E-state index contributed by atoms with van der Waals surface area (Å²) in [5.41, 5.74) is 2.44. The van der Waals surface area contributed by atoms with Crippen molar-refractivity contribution in [3.8, 4) is 0 Å². The molecule has 0 radical (unpaired) electrons. The first kappa shape index (κ1) is 15.8. The molecule has 2 rings (SSSR count). The Bertz CT molecular complexity index is 569. The van der Waals surface area contributed by atoms with Crippen LogP contribution in [0.15, 0.2) is 46.9 Å². The molecule has 2 aromatic carbocycles. The van der Waals surface area contributed by atoms with Crippen LogP contribution in [0.4, 0.5) is 0 Å². The van der Waals surface area contributed by atoms with Gasteiger partial charge in [-0.15, -0.1) is 0 Å². The van der Waals surface area contributed by atoms with Gasteiger partial charge in [0.05, 0.1) is 0 Å². The second-order valence-corrected chi connectivity index (χ2v) is 6.58. The van der Waals surface area contributed by atoms with Crippen LogP contribution in [0.1, 0.15) is 18.1 Å². The topological polar surface area (TPSA) is 12.0 Å². The third kappa shape index (κ3) is 4.78. The molecular formula is C16H16BrCl2N. The van der Waals surface area contributed by atoms with Crippen molar-refractivity contribution in [2.45, 2.75) is 25.9 Å². The van der Waals surface area contributed by atoms with Gasteiger partial charge in [-0.3, -0.25) is 0 Å². The summed E-state index contributed by atoms with van der Waals surface area (Å²) >= 11 is 15.4. The van der Waals surface area contributed by atoms with Gasteiger partial charge >= 0.3 is 0 Å². The summed E-state index contributed by atoms with van der Waals surface area (Å²) in [5.74, 6) is 0. The van der Waals surface area contributed by atoms with E-state index in [-0.39, 0.29) is 0 Å². The molecule has 20 heavy (non-hydrogen) atoms. The van der Waals surface area contributed by atoms with E-state index in [1.54, 1.807) is 0 Å². The van der Waals surface area contributed by atoms with Crippen LogP contribution in [0, 0.1) is 0 Å². The lowest BCUT2D eigenvalue weighted by Crippen LogP contribution is -2.27. The first-order valence-corrected chi connectivity index (χ1v) is 8.01. The van der Waals surface area contributed by atoms with Crippen molar-refractivity contribution in [2.24, 2.45) is 0 Å². The third-order valence-corrected chi connectivity index (χ3v) is 4.36. The zero-order chi connectivity index (χ0) is 14.5. The van der Waals surface area contributed by atoms with Gasteiger partial charge in [-0.05, 0) is 54.8 Å². The maximum atomic E-state index is 6.02. The van der Waals surface area contributed by atoms with Crippen LogP contribution >= 0.6 is 39.1 Å². The van der Waals surface area contributed by atoms with Crippen LogP contribution in [-0.2, 0) is 13.0 Å². The molecule has 0 aliphatic carbocycles. The lowest BCUT2D eigenvalue weighted by atomic mass is 10.1. The number of benzene rings is 2. The van der Waals surface area contributed by atoms with Crippen molar-refractivity contribution >= 4 is 39.1 Å². The van der Waals surface area contributed by atoms with Crippen LogP contribution in [0.2, 0.25) is 10.0 Å². The maximum Gasteiger partial charge on any atom is 0.0410 e. The van der Waals surface area contributed by atoms with Crippen molar-refractivity contribution in [1.29, 1.82) is 0 Å². The molecule has 0 amide bonds. The van der Waals surface area contributed by atoms with Crippen LogP contribution < -0.4 is 5.32 Å². The average molecular weight is 373 g/mol. The van der Waals surface area contributed by atoms with Gasteiger partial charge in [-0.1, -0.05) is 51.3 Å². The number of halogens is 3. The second kappa shape index (κ2) is 7.46. The summed E-state index contributed by atoms with van der Waals surface area (Å²) < 4.78 is 1.08. The van der Waals surface area contributed by atoms with E-state index >= 15 is 0 Å². The Labute approximate surface area is 138 Å². The Morgan fingerprint density at radius 1 is 1.05 bits per heavy atom. The van der Waals surface area contributed by atoms with E-state index in [0.717, 1.165) is 27.5 Å². The van der Waals surface area contributed by atoms with E-state index in [0.29, 0.717) is 6.04 Å². The predicted octanol–water partition coefficient (Wildman–Crippen LogP) is 5.48. The molecule has 0 aliphatic heterocycles. The van der Waals surface area contributed by atoms with Crippen LogP contribution in [-0.4, -0.2) is 6.04 Å². The average Bonchev–Trinajstić information content (AvgIpc) is 2.42. The molecule has 0 fully saturated rings. The van der Waals surface area contributed by atoms with Crippen molar-refractivity contribution in [2.75, 3.05) is 0 Å². The van der Waals surface area contributed by atoms with Crippen LogP contribution in [0.25, 0.3) is 0 Å². The van der Waals surface area contributed by atoms with Gasteiger partial charge in [-0.25, -0.2) is 0 Å². The van der Waals surface area contributed by atoms with E-state index in [1.807, 2.05) is 30.3 Å². The summed E-state index contributed by atoms with van der Waals surface area (Å²) in [7, 11) is 0. The van der Waals surface area contributed by atoms with Crippen LogP contribution in [0.3, 0.4) is 0 Å². The molecule has 1 nitrogen and oxygen atoms in total. The van der Waals surface area contributed by atoms with Crippen LogP contribution in [0.5, 0.6) is 0 Å². The van der Waals surface area contributed by atoms with E-state index in [9.17, 15) is 0 Å². The molecule has 0 aliphatic rings. The number of rotatable bonds is 5. The molecule has 0 heterocycles. The Morgan fingerprint density at radius 2 is 1.70 bits per heavy atom. The highest BCUT2D eigenvalue weighted by Crippen LogP contribution is 2.21. The maximum absolute atomic E-state index is 6.02. The highest BCUT2D eigenvalue weighted by atomic mass is 79.9. The van der Waals surface area contributed by atoms with Crippen molar-refractivity contribution in [1.82, 2.24) is 5.32 Å². The molecule has 0 saturated carbocycles. The Hall–Kier alpha value is -0.540. The summed E-state index contributed by atoms with van der Waals surface area (Å²) in [4.78, 5) is 0. The Kier molecular flexibility index (Phi) is 5.91. The van der Waals surface area contributed by atoms with Gasteiger partial charge in [0.15, 0.2) is 0 Å². The van der Waals surface area contributed by atoms with Crippen molar-refractivity contribution < 1.29 is 0 Å². The van der Waals surface area contributed by atoms with Gasteiger partial charge in [0, 0.05) is 27.1 Å². The van der Waals surface area contributed by atoms with E-state index < -0.39 is 0 Å². The largest absolute Gasteiger partial charge is 0.310 e. The van der Waals surface area contributed by atoms with Gasteiger partial charge in [0.2, 0.25) is 0 Å². The monoisotopic (exact) mass is 371 g/mol. The minimum absolute atomic E-state index is 0.377. The molecule has 0 spiro atoms. The lowest BCUT2D eigenvalue weighted by molar-refractivity contribution is 0.545. The van der Waals surface area contributed by atoms with Gasteiger partial charge in [0.25, 0.3) is 0 Å². The Balaban J connectivity index is 1.90. The summed E-state index contributed by atoms with van der Waals surface area (Å²) in [6, 6.07) is 14.2. The van der Waals surface area contributed by atoms with Crippen molar-refractivity contribution in [3.05, 3.63) is 68.1 Å². The SMILES string of the molecule is CC(Cc1ccc(Cl)cc1)NCc1cc(Cl)ccc1Br. The molecule has 0 aromatic heterocycles. The van der Waals surface area contributed by atoms with E-state index in [4.69, 9.17) is 23.2 Å².